The van der Waals surface area contributed by atoms with Crippen molar-refractivity contribution < 1.29 is 4.74 Å². The molecule has 0 aromatic carbocycles. The summed E-state index contributed by atoms with van der Waals surface area (Å²) in [6, 6.07) is 4.49. The number of aryl methyl sites for hydroxylation is 1. The van der Waals surface area contributed by atoms with Gasteiger partial charge in [-0.1, -0.05) is 6.92 Å². The van der Waals surface area contributed by atoms with Gasteiger partial charge in [-0.3, -0.25) is 4.90 Å². The minimum atomic E-state index is 0.203. The quantitative estimate of drug-likeness (QED) is 0.867. The molecule has 4 heteroatoms. The predicted octanol–water partition coefficient (Wildman–Crippen LogP) is 2.51. The summed E-state index contributed by atoms with van der Waals surface area (Å²) in [6.45, 7) is 12.7. The average Bonchev–Trinajstić information content (AvgIpc) is 2.87. The lowest BCUT2D eigenvalue weighted by atomic mass is 10.0. The van der Waals surface area contributed by atoms with Gasteiger partial charge < -0.3 is 10.1 Å². The van der Waals surface area contributed by atoms with E-state index < -0.39 is 0 Å². The molecule has 0 spiro atoms. The Morgan fingerprint density at radius 2 is 1.95 bits per heavy atom. The van der Waals surface area contributed by atoms with Gasteiger partial charge in [0.1, 0.15) is 0 Å². The highest BCUT2D eigenvalue weighted by Gasteiger charge is 2.27. The third kappa shape index (κ3) is 4.28. The Hall–Kier alpha value is -0.420. The van der Waals surface area contributed by atoms with Crippen molar-refractivity contribution in [2.75, 3.05) is 32.8 Å². The first kappa shape index (κ1) is 15.0. The summed E-state index contributed by atoms with van der Waals surface area (Å²) in [4.78, 5) is 5.44. The lowest BCUT2D eigenvalue weighted by molar-refractivity contribution is -0.00965. The number of nitrogens with zero attached hydrogens (tertiary/aromatic N) is 1. The van der Waals surface area contributed by atoms with Gasteiger partial charge in [-0.2, -0.15) is 0 Å². The van der Waals surface area contributed by atoms with Gasteiger partial charge in [-0.15, -0.1) is 11.3 Å². The van der Waals surface area contributed by atoms with Gasteiger partial charge >= 0.3 is 0 Å². The van der Waals surface area contributed by atoms with Gasteiger partial charge in [0.15, 0.2) is 0 Å². The van der Waals surface area contributed by atoms with Crippen LogP contribution in [0, 0.1) is 0 Å². The van der Waals surface area contributed by atoms with Crippen molar-refractivity contribution in [3.8, 4) is 0 Å². The van der Waals surface area contributed by atoms with Gasteiger partial charge in [0.2, 0.25) is 0 Å². The number of hydrogen-bond donors (Lipinski definition) is 1. The summed E-state index contributed by atoms with van der Waals surface area (Å²) < 4.78 is 5.42. The molecule has 2 heterocycles. The van der Waals surface area contributed by atoms with E-state index in [-0.39, 0.29) is 5.54 Å². The van der Waals surface area contributed by atoms with Gasteiger partial charge in [0.25, 0.3) is 0 Å². The molecule has 0 amide bonds. The highest BCUT2D eigenvalue weighted by atomic mass is 32.1. The zero-order valence-corrected chi connectivity index (χ0v) is 13.2. The average molecular weight is 282 g/mol. The zero-order chi connectivity index (χ0) is 13.7. The van der Waals surface area contributed by atoms with E-state index in [9.17, 15) is 0 Å². The van der Waals surface area contributed by atoms with E-state index in [1.54, 1.807) is 0 Å². The van der Waals surface area contributed by atoms with Crippen molar-refractivity contribution in [3.63, 3.8) is 0 Å². The maximum atomic E-state index is 5.42. The number of morpholine rings is 1. The predicted molar refractivity (Wildman–Crippen MR) is 81.9 cm³/mol. The smallest absolute Gasteiger partial charge is 0.0594 e. The molecular formula is C15H26N2OS. The second kappa shape index (κ2) is 6.84. The molecule has 3 nitrogen and oxygen atoms in total. The Bertz CT molecular complexity index is 383. The highest BCUT2D eigenvalue weighted by molar-refractivity contribution is 7.11. The topological polar surface area (TPSA) is 24.5 Å². The van der Waals surface area contributed by atoms with Crippen LogP contribution < -0.4 is 5.32 Å². The van der Waals surface area contributed by atoms with Crippen molar-refractivity contribution in [2.45, 2.75) is 39.3 Å². The number of nitrogens with one attached hydrogen (secondary N) is 1. The summed E-state index contributed by atoms with van der Waals surface area (Å²) in [5, 5.41) is 3.60. The molecule has 19 heavy (non-hydrogen) atoms. The van der Waals surface area contributed by atoms with Crippen LogP contribution in [0.4, 0.5) is 0 Å². The molecule has 1 fully saturated rings. The standard InChI is InChI=1S/C15H26N2OS/c1-4-13-5-6-14(19-13)11-16-12-15(2,3)17-7-9-18-10-8-17/h5-6,16H,4,7-12H2,1-3H3. The van der Waals surface area contributed by atoms with Crippen LogP contribution in [-0.4, -0.2) is 43.3 Å². The Kier molecular flexibility index (Phi) is 5.39. The van der Waals surface area contributed by atoms with Crippen LogP contribution in [0.5, 0.6) is 0 Å². The first-order valence-electron chi connectivity index (χ1n) is 7.23. The van der Waals surface area contributed by atoms with Crippen LogP contribution in [0.3, 0.4) is 0 Å². The summed E-state index contributed by atoms with van der Waals surface area (Å²) in [5.41, 5.74) is 0.203. The van der Waals surface area contributed by atoms with E-state index in [0.29, 0.717) is 0 Å². The van der Waals surface area contributed by atoms with Crippen molar-refractivity contribution >= 4 is 11.3 Å². The molecule has 1 aliphatic heterocycles. The lowest BCUT2D eigenvalue weighted by Crippen LogP contribution is -2.54. The Morgan fingerprint density at radius 1 is 1.26 bits per heavy atom. The number of thiophene rings is 1. The fourth-order valence-electron chi connectivity index (χ4n) is 2.48. The third-order valence-electron chi connectivity index (χ3n) is 3.79. The molecule has 2 rings (SSSR count). The first-order chi connectivity index (χ1) is 9.12. The van der Waals surface area contributed by atoms with Crippen molar-refractivity contribution in [2.24, 2.45) is 0 Å². The van der Waals surface area contributed by atoms with Crippen LogP contribution in [0.2, 0.25) is 0 Å². The summed E-state index contributed by atoms with van der Waals surface area (Å²) >= 11 is 1.92. The van der Waals surface area contributed by atoms with Crippen LogP contribution in [0.15, 0.2) is 12.1 Å². The van der Waals surface area contributed by atoms with Crippen LogP contribution in [0.25, 0.3) is 0 Å². The molecular weight excluding hydrogens is 256 g/mol. The van der Waals surface area contributed by atoms with Gasteiger partial charge in [0, 0.05) is 41.5 Å². The molecule has 0 atom stereocenters. The van der Waals surface area contributed by atoms with E-state index in [0.717, 1.165) is 45.8 Å². The number of hydrogen-bond acceptors (Lipinski definition) is 4. The van der Waals surface area contributed by atoms with E-state index in [1.165, 1.54) is 9.75 Å². The number of rotatable bonds is 6. The summed E-state index contributed by atoms with van der Waals surface area (Å²) in [7, 11) is 0. The van der Waals surface area contributed by atoms with Crippen molar-refractivity contribution in [1.29, 1.82) is 0 Å². The van der Waals surface area contributed by atoms with E-state index in [4.69, 9.17) is 4.74 Å². The Balaban J connectivity index is 1.77. The maximum absolute atomic E-state index is 5.42. The molecule has 0 saturated carbocycles. The molecule has 1 aromatic heterocycles. The SMILES string of the molecule is CCc1ccc(CNCC(C)(C)N2CCOCC2)s1. The van der Waals surface area contributed by atoms with E-state index >= 15 is 0 Å². The van der Waals surface area contributed by atoms with Gasteiger partial charge in [0.05, 0.1) is 13.2 Å². The highest BCUT2D eigenvalue weighted by Crippen LogP contribution is 2.18. The number of ether oxygens (including phenoxy) is 1. The summed E-state index contributed by atoms with van der Waals surface area (Å²) in [5.74, 6) is 0. The van der Waals surface area contributed by atoms with E-state index in [2.05, 4.69) is 43.1 Å². The molecule has 1 aliphatic rings. The Labute approximate surface area is 121 Å². The van der Waals surface area contributed by atoms with Crippen molar-refractivity contribution in [3.05, 3.63) is 21.9 Å². The lowest BCUT2D eigenvalue weighted by Gasteiger charge is -2.41. The van der Waals surface area contributed by atoms with Gasteiger partial charge in [-0.05, 0) is 32.4 Å². The molecule has 1 aromatic rings. The molecule has 0 unspecified atom stereocenters. The molecule has 0 aliphatic carbocycles. The Morgan fingerprint density at radius 3 is 2.58 bits per heavy atom. The second-order valence-electron chi connectivity index (χ2n) is 5.74. The van der Waals surface area contributed by atoms with Crippen LogP contribution in [0.1, 0.15) is 30.5 Å². The van der Waals surface area contributed by atoms with Crippen LogP contribution in [-0.2, 0) is 17.7 Å². The monoisotopic (exact) mass is 282 g/mol. The minimum Gasteiger partial charge on any atom is -0.379 e. The normalized spacial score (nSPS) is 17.8. The fraction of sp³-hybridized carbons (Fsp3) is 0.733. The molecule has 0 bridgehead atoms. The molecule has 0 radical (unpaired) electrons. The fourth-order valence-corrected chi connectivity index (χ4v) is 3.41. The maximum Gasteiger partial charge on any atom is 0.0594 e. The largest absolute Gasteiger partial charge is 0.379 e. The van der Waals surface area contributed by atoms with E-state index in [1.807, 2.05) is 11.3 Å². The second-order valence-corrected chi connectivity index (χ2v) is 6.99. The van der Waals surface area contributed by atoms with Crippen LogP contribution >= 0.6 is 11.3 Å². The molecule has 1 N–H and O–H groups in total. The first-order valence-corrected chi connectivity index (χ1v) is 8.04. The van der Waals surface area contributed by atoms with Crippen molar-refractivity contribution in [1.82, 2.24) is 10.2 Å². The zero-order valence-electron chi connectivity index (χ0n) is 12.4. The van der Waals surface area contributed by atoms with Gasteiger partial charge in [-0.25, -0.2) is 0 Å². The third-order valence-corrected chi connectivity index (χ3v) is 5.02. The summed E-state index contributed by atoms with van der Waals surface area (Å²) in [6.07, 6.45) is 1.14. The molecule has 1 saturated heterocycles. The minimum absolute atomic E-state index is 0.203. The molecule has 108 valence electrons.